The van der Waals surface area contributed by atoms with Gasteiger partial charge in [0.25, 0.3) is 0 Å². The van der Waals surface area contributed by atoms with E-state index in [1.807, 2.05) is 0 Å². The number of hydrogen-bond donors (Lipinski definition) is 1. The summed E-state index contributed by atoms with van der Waals surface area (Å²) in [5.41, 5.74) is 1.24. The number of nitrogens with zero attached hydrogens (tertiary/aromatic N) is 1. The van der Waals surface area contributed by atoms with Gasteiger partial charge in [0.1, 0.15) is 0 Å². The van der Waals surface area contributed by atoms with Crippen molar-refractivity contribution >= 4 is 0 Å². The summed E-state index contributed by atoms with van der Waals surface area (Å²) in [5, 5.41) is 9.59. The SMILES string of the molecule is C=C(C)CN1C2CCC1CC(O)C2. The van der Waals surface area contributed by atoms with Gasteiger partial charge in [-0.1, -0.05) is 12.2 Å². The van der Waals surface area contributed by atoms with Crippen molar-refractivity contribution in [3.8, 4) is 0 Å². The molecule has 1 N–H and O–H groups in total. The molecule has 0 aromatic heterocycles. The van der Waals surface area contributed by atoms with Crippen molar-refractivity contribution in [1.82, 2.24) is 4.90 Å². The molecule has 2 unspecified atom stereocenters. The van der Waals surface area contributed by atoms with E-state index in [0.29, 0.717) is 12.1 Å². The van der Waals surface area contributed by atoms with Gasteiger partial charge in [0.05, 0.1) is 6.10 Å². The van der Waals surface area contributed by atoms with Crippen LogP contribution in [-0.2, 0) is 0 Å². The fourth-order valence-electron chi connectivity index (χ4n) is 2.82. The first-order chi connectivity index (χ1) is 6.16. The van der Waals surface area contributed by atoms with Crippen molar-refractivity contribution in [1.29, 1.82) is 0 Å². The Balaban J connectivity index is 2.02. The molecule has 0 aromatic rings. The second-order valence-corrected chi connectivity index (χ2v) is 4.64. The Morgan fingerprint density at radius 1 is 1.38 bits per heavy atom. The van der Waals surface area contributed by atoms with Crippen LogP contribution in [0.1, 0.15) is 32.6 Å². The molecule has 0 spiro atoms. The molecule has 2 fully saturated rings. The van der Waals surface area contributed by atoms with Crippen LogP contribution in [0.15, 0.2) is 12.2 Å². The molecule has 13 heavy (non-hydrogen) atoms. The third kappa shape index (κ3) is 1.79. The van der Waals surface area contributed by atoms with Gasteiger partial charge in [-0.05, 0) is 32.6 Å². The first-order valence-corrected chi connectivity index (χ1v) is 5.25. The Kier molecular flexibility index (Phi) is 2.43. The van der Waals surface area contributed by atoms with Gasteiger partial charge in [-0.2, -0.15) is 0 Å². The van der Waals surface area contributed by atoms with Gasteiger partial charge >= 0.3 is 0 Å². The average molecular weight is 181 g/mol. The van der Waals surface area contributed by atoms with E-state index in [9.17, 15) is 5.11 Å². The number of aliphatic hydroxyl groups is 1. The molecule has 2 aliphatic heterocycles. The molecule has 2 nitrogen and oxygen atoms in total. The third-order valence-corrected chi connectivity index (χ3v) is 3.31. The summed E-state index contributed by atoms with van der Waals surface area (Å²) in [6.07, 6.45) is 4.45. The lowest BCUT2D eigenvalue weighted by Gasteiger charge is -2.37. The summed E-state index contributed by atoms with van der Waals surface area (Å²) in [6, 6.07) is 1.26. The summed E-state index contributed by atoms with van der Waals surface area (Å²) < 4.78 is 0. The number of aliphatic hydroxyl groups excluding tert-OH is 1. The highest BCUT2D eigenvalue weighted by Crippen LogP contribution is 2.35. The third-order valence-electron chi connectivity index (χ3n) is 3.31. The van der Waals surface area contributed by atoms with E-state index in [0.717, 1.165) is 19.4 Å². The van der Waals surface area contributed by atoms with Crippen LogP contribution in [0.5, 0.6) is 0 Å². The molecule has 2 heteroatoms. The molecular weight excluding hydrogens is 162 g/mol. The van der Waals surface area contributed by atoms with Gasteiger partial charge in [-0.3, -0.25) is 4.90 Å². The lowest BCUT2D eigenvalue weighted by molar-refractivity contribution is 0.0408. The highest BCUT2D eigenvalue weighted by Gasteiger charge is 2.39. The van der Waals surface area contributed by atoms with Crippen molar-refractivity contribution < 1.29 is 5.11 Å². The van der Waals surface area contributed by atoms with E-state index in [1.165, 1.54) is 18.4 Å². The van der Waals surface area contributed by atoms with Gasteiger partial charge in [0.15, 0.2) is 0 Å². The van der Waals surface area contributed by atoms with Crippen LogP contribution >= 0.6 is 0 Å². The van der Waals surface area contributed by atoms with E-state index in [1.54, 1.807) is 0 Å². The normalized spacial score (nSPS) is 39.4. The van der Waals surface area contributed by atoms with Crippen LogP contribution in [0.2, 0.25) is 0 Å². The van der Waals surface area contributed by atoms with Crippen LogP contribution in [0.3, 0.4) is 0 Å². The minimum absolute atomic E-state index is 0.0427. The van der Waals surface area contributed by atoms with E-state index >= 15 is 0 Å². The Morgan fingerprint density at radius 3 is 2.38 bits per heavy atom. The molecule has 2 saturated heterocycles. The first-order valence-electron chi connectivity index (χ1n) is 5.25. The second-order valence-electron chi connectivity index (χ2n) is 4.64. The summed E-state index contributed by atoms with van der Waals surface area (Å²) in [6.45, 7) is 7.08. The molecule has 0 amide bonds. The molecule has 0 saturated carbocycles. The summed E-state index contributed by atoms with van der Waals surface area (Å²) in [7, 11) is 0. The van der Waals surface area contributed by atoms with Crippen LogP contribution in [0, 0.1) is 0 Å². The van der Waals surface area contributed by atoms with Crippen LogP contribution in [0.4, 0.5) is 0 Å². The summed E-state index contributed by atoms with van der Waals surface area (Å²) >= 11 is 0. The molecule has 74 valence electrons. The standard InChI is InChI=1S/C11H19NO/c1-8(2)7-12-9-3-4-10(12)6-11(13)5-9/h9-11,13H,1,3-7H2,2H3. The monoisotopic (exact) mass is 181 g/mol. The van der Waals surface area contributed by atoms with Crippen LogP contribution in [0.25, 0.3) is 0 Å². The van der Waals surface area contributed by atoms with Crippen LogP contribution in [-0.4, -0.2) is 34.7 Å². The maximum Gasteiger partial charge on any atom is 0.0570 e. The van der Waals surface area contributed by atoms with E-state index in [-0.39, 0.29) is 6.10 Å². The second kappa shape index (κ2) is 3.43. The molecule has 2 bridgehead atoms. The molecule has 2 atom stereocenters. The predicted octanol–water partition coefficient (Wildman–Crippen LogP) is 1.55. The lowest BCUT2D eigenvalue weighted by atomic mass is 9.99. The van der Waals surface area contributed by atoms with E-state index < -0.39 is 0 Å². The Hall–Kier alpha value is -0.340. The number of hydrogen-bond acceptors (Lipinski definition) is 2. The van der Waals surface area contributed by atoms with Crippen molar-refractivity contribution in [2.75, 3.05) is 6.54 Å². The lowest BCUT2D eigenvalue weighted by Crippen LogP contribution is -2.45. The largest absolute Gasteiger partial charge is 0.393 e. The predicted molar refractivity (Wildman–Crippen MR) is 53.6 cm³/mol. The summed E-state index contributed by atoms with van der Waals surface area (Å²) in [4.78, 5) is 2.54. The molecule has 2 heterocycles. The molecule has 0 radical (unpaired) electrons. The minimum Gasteiger partial charge on any atom is -0.393 e. The van der Waals surface area contributed by atoms with Crippen molar-refractivity contribution in [2.45, 2.75) is 50.8 Å². The van der Waals surface area contributed by atoms with Gasteiger partial charge in [-0.15, -0.1) is 0 Å². The van der Waals surface area contributed by atoms with E-state index in [4.69, 9.17) is 0 Å². The fraction of sp³-hybridized carbons (Fsp3) is 0.818. The highest BCUT2D eigenvalue weighted by molar-refractivity contribution is 5.01. The van der Waals surface area contributed by atoms with Crippen molar-refractivity contribution in [2.24, 2.45) is 0 Å². The summed E-state index contributed by atoms with van der Waals surface area (Å²) in [5.74, 6) is 0. The van der Waals surface area contributed by atoms with Gasteiger partial charge in [-0.25, -0.2) is 0 Å². The fourth-order valence-corrected chi connectivity index (χ4v) is 2.82. The first kappa shape index (κ1) is 9.22. The maximum atomic E-state index is 9.59. The Morgan fingerprint density at radius 2 is 1.92 bits per heavy atom. The number of rotatable bonds is 2. The molecule has 0 aromatic carbocycles. The smallest absolute Gasteiger partial charge is 0.0570 e. The van der Waals surface area contributed by atoms with Crippen molar-refractivity contribution in [3.63, 3.8) is 0 Å². The van der Waals surface area contributed by atoms with E-state index in [2.05, 4.69) is 18.4 Å². The molecule has 0 aliphatic carbocycles. The molecule has 2 rings (SSSR count). The zero-order valence-electron chi connectivity index (χ0n) is 8.37. The van der Waals surface area contributed by atoms with Crippen LogP contribution < -0.4 is 0 Å². The Bertz CT molecular complexity index is 200. The minimum atomic E-state index is -0.0427. The molecule has 2 aliphatic rings. The zero-order chi connectivity index (χ0) is 9.42. The number of fused-ring (bicyclic) bond motifs is 2. The Labute approximate surface area is 80.2 Å². The molecular formula is C11H19NO. The van der Waals surface area contributed by atoms with Gasteiger partial charge < -0.3 is 5.11 Å². The van der Waals surface area contributed by atoms with Gasteiger partial charge in [0, 0.05) is 18.6 Å². The highest BCUT2D eigenvalue weighted by atomic mass is 16.3. The van der Waals surface area contributed by atoms with Gasteiger partial charge in [0.2, 0.25) is 0 Å². The van der Waals surface area contributed by atoms with Crippen molar-refractivity contribution in [3.05, 3.63) is 12.2 Å². The topological polar surface area (TPSA) is 23.5 Å². The average Bonchev–Trinajstić information content (AvgIpc) is 2.32. The zero-order valence-corrected chi connectivity index (χ0v) is 8.37. The number of piperidine rings is 1. The quantitative estimate of drug-likeness (QED) is 0.653. The maximum absolute atomic E-state index is 9.59.